The fraction of sp³-hybridized carbons (Fsp3) is 0.500. The molecule has 3 heteroatoms. The molecule has 0 fully saturated rings. The molecule has 31 heavy (non-hydrogen) atoms. The van der Waals surface area contributed by atoms with E-state index in [2.05, 4.69) is 49.2 Å². The Morgan fingerprint density at radius 1 is 0.710 bits per heavy atom. The van der Waals surface area contributed by atoms with Crippen molar-refractivity contribution in [2.45, 2.75) is 84.5 Å². The van der Waals surface area contributed by atoms with Crippen molar-refractivity contribution in [1.29, 1.82) is 0 Å². The maximum absolute atomic E-state index is 5.92. The molecular weight excluding hydrogens is 380 g/mol. The Bertz CT molecular complexity index is 905. The van der Waals surface area contributed by atoms with Gasteiger partial charge in [-0.05, 0) is 61.2 Å². The average molecular weight is 419 g/mol. The molecule has 166 valence electrons. The summed E-state index contributed by atoms with van der Waals surface area (Å²) in [5.74, 6) is 0.931. The number of hydrogen-bond donors (Lipinski definition) is 0. The molecule has 3 aromatic rings. The van der Waals surface area contributed by atoms with Gasteiger partial charge in [-0.2, -0.15) is 0 Å². The number of fused-ring (bicyclic) bond motifs is 1. The zero-order valence-corrected chi connectivity index (χ0v) is 19.4. The van der Waals surface area contributed by atoms with E-state index in [0.717, 1.165) is 47.5 Å². The molecule has 0 spiro atoms. The second kappa shape index (κ2) is 13.1. The van der Waals surface area contributed by atoms with E-state index in [1.807, 2.05) is 18.3 Å². The van der Waals surface area contributed by atoms with Crippen molar-refractivity contribution in [2.75, 3.05) is 6.61 Å². The lowest BCUT2D eigenvalue weighted by molar-refractivity contribution is 0.304. The number of nitrogens with zero attached hydrogens (tertiary/aromatic N) is 2. The summed E-state index contributed by atoms with van der Waals surface area (Å²) in [4.78, 5) is 9.47. The van der Waals surface area contributed by atoms with Gasteiger partial charge in [0, 0.05) is 5.56 Å². The summed E-state index contributed by atoms with van der Waals surface area (Å²) in [6.45, 7) is 5.28. The molecule has 0 bridgehead atoms. The molecule has 1 heterocycles. The van der Waals surface area contributed by atoms with Crippen LogP contribution in [0.5, 0.6) is 5.75 Å². The number of rotatable bonds is 14. The fourth-order valence-corrected chi connectivity index (χ4v) is 3.88. The predicted molar refractivity (Wildman–Crippen MR) is 132 cm³/mol. The van der Waals surface area contributed by atoms with Crippen molar-refractivity contribution in [3.8, 4) is 17.0 Å². The minimum atomic E-state index is 0.796. The van der Waals surface area contributed by atoms with Gasteiger partial charge in [-0.1, -0.05) is 71.3 Å². The van der Waals surface area contributed by atoms with Crippen LogP contribution < -0.4 is 4.74 Å². The molecule has 0 saturated heterocycles. The van der Waals surface area contributed by atoms with Gasteiger partial charge in [-0.15, -0.1) is 0 Å². The molecule has 3 rings (SSSR count). The SMILES string of the molecule is CCCCCCCCCCOc1ccc(-c2cnc3cc(CCCC)ccc3n2)cc1. The molecule has 0 saturated carbocycles. The van der Waals surface area contributed by atoms with Gasteiger partial charge in [0.25, 0.3) is 0 Å². The van der Waals surface area contributed by atoms with E-state index in [-0.39, 0.29) is 0 Å². The van der Waals surface area contributed by atoms with Crippen molar-refractivity contribution in [1.82, 2.24) is 9.97 Å². The Kier molecular flexibility index (Phi) is 9.82. The second-order valence-corrected chi connectivity index (χ2v) is 8.53. The highest BCUT2D eigenvalue weighted by atomic mass is 16.5. The van der Waals surface area contributed by atoms with E-state index in [9.17, 15) is 0 Å². The Hall–Kier alpha value is -2.42. The topological polar surface area (TPSA) is 35.0 Å². The number of aryl methyl sites for hydroxylation is 1. The van der Waals surface area contributed by atoms with Crippen LogP contribution in [-0.4, -0.2) is 16.6 Å². The summed E-state index contributed by atoms with van der Waals surface area (Å²) in [6.07, 6.45) is 16.0. The Morgan fingerprint density at radius 2 is 1.42 bits per heavy atom. The highest BCUT2D eigenvalue weighted by Crippen LogP contribution is 2.23. The van der Waals surface area contributed by atoms with Crippen molar-refractivity contribution in [3.63, 3.8) is 0 Å². The molecule has 0 aliphatic rings. The summed E-state index contributed by atoms with van der Waals surface area (Å²) in [7, 11) is 0. The molecule has 0 atom stereocenters. The Balaban J connectivity index is 1.46. The zero-order valence-electron chi connectivity index (χ0n) is 19.4. The van der Waals surface area contributed by atoms with Crippen LogP contribution in [0.2, 0.25) is 0 Å². The quantitative estimate of drug-likeness (QED) is 0.248. The van der Waals surface area contributed by atoms with Crippen LogP contribution in [0.3, 0.4) is 0 Å². The van der Waals surface area contributed by atoms with Crippen molar-refractivity contribution >= 4 is 11.0 Å². The highest BCUT2D eigenvalue weighted by molar-refractivity contribution is 5.77. The predicted octanol–water partition coefficient (Wildman–Crippen LogP) is 8.16. The van der Waals surface area contributed by atoms with Gasteiger partial charge in [0.05, 0.1) is 29.5 Å². The lowest BCUT2D eigenvalue weighted by Crippen LogP contribution is -1.97. The number of ether oxygens (including phenoxy) is 1. The standard InChI is InChI=1S/C28H38N2O/c1-3-5-7-8-9-10-11-12-20-31-25-17-15-24(16-18-25)28-22-29-27-21-23(13-6-4-2)14-19-26(27)30-28/h14-19,21-22H,3-13,20H2,1-2H3. The van der Waals surface area contributed by atoms with Crippen LogP contribution >= 0.6 is 0 Å². The van der Waals surface area contributed by atoms with E-state index in [1.165, 1.54) is 63.4 Å². The van der Waals surface area contributed by atoms with Crippen LogP contribution in [-0.2, 0) is 6.42 Å². The zero-order chi connectivity index (χ0) is 21.7. The first-order valence-corrected chi connectivity index (χ1v) is 12.3. The number of hydrogen-bond acceptors (Lipinski definition) is 3. The lowest BCUT2D eigenvalue weighted by Gasteiger charge is -2.08. The molecule has 1 aromatic heterocycles. The maximum atomic E-state index is 5.92. The van der Waals surface area contributed by atoms with Crippen LogP contribution in [0.15, 0.2) is 48.7 Å². The molecule has 0 aliphatic carbocycles. The first-order chi connectivity index (χ1) is 15.3. The van der Waals surface area contributed by atoms with E-state index in [1.54, 1.807) is 0 Å². The largest absolute Gasteiger partial charge is 0.494 e. The van der Waals surface area contributed by atoms with Gasteiger partial charge >= 0.3 is 0 Å². The van der Waals surface area contributed by atoms with Gasteiger partial charge in [0.1, 0.15) is 5.75 Å². The highest BCUT2D eigenvalue weighted by Gasteiger charge is 2.05. The Morgan fingerprint density at radius 3 is 2.16 bits per heavy atom. The molecule has 0 radical (unpaired) electrons. The number of benzene rings is 2. The van der Waals surface area contributed by atoms with Crippen molar-refractivity contribution in [3.05, 3.63) is 54.2 Å². The minimum Gasteiger partial charge on any atom is -0.494 e. The van der Waals surface area contributed by atoms with Gasteiger partial charge in [-0.3, -0.25) is 4.98 Å². The summed E-state index contributed by atoms with van der Waals surface area (Å²) < 4.78 is 5.92. The summed E-state index contributed by atoms with van der Waals surface area (Å²) in [6, 6.07) is 14.7. The summed E-state index contributed by atoms with van der Waals surface area (Å²) in [5, 5.41) is 0. The van der Waals surface area contributed by atoms with E-state index < -0.39 is 0 Å². The van der Waals surface area contributed by atoms with Crippen LogP contribution in [0.1, 0.15) is 83.6 Å². The van der Waals surface area contributed by atoms with E-state index in [4.69, 9.17) is 9.72 Å². The molecule has 2 aromatic carbocycles. The van der Waals surface area contributed by atoms with Crippen molar-refractivity contribution < 1.29 is 4.74 Å². The number of aromatic nitrogens is 2. The first-order valence-electron chi connectivity index (χ1n) is 12.3. The van der Waals surface area contributed by atoms with Gasteiger partial charge in [0.2, 0.25) is 0 Å². The second-order valence-electron chi connectivity index (χ2n) is 8.53. The monoisotopic (exact) mass is 418 g/mol. The van der Waals surface area contributed by atoms with Crippen LogP contribution in [0, 0.1) is 0 Å². The third-order valence-corrected chi connectivity index (χ3v) is 5.84. The molecular formula is C28H38N2O. The van der Waals surface area contributed by atoms with E-state index >= 15 is 0 Å². The fourth-order valence-electron chi connectivity index (χ4n) is 3.88. The third kappa shape index (κ3) is 7.65. The summed E-state index contributed by atoms with van der Waals surface area (Å²) in [5.41, 5.74) is 5.25. The molecule has 0 N–H and O–H groups in total. The van der Waals surface area contributed by atoms with Gasteiger partial charge in [0.15, 0.2) is 0 Å². The normalized spacial score (nSPS) is 11.2. The number of unbranched alkanes of at least 4 members (excludes halogenated alkanes) is 8. The maximum Gasteiger partial charge on any atom is 0.119 e. The molecule has 3 nitrogen and oxygen atoms in total. The average Bonchev–Trinajstić information content (AvgIpc) is 2.81. The molecule has 0 amide bonds. The Labute approximate surface area is 188 Å². The van der Waals surface area contributed by atoms with Gasteiger partial charge < -0.3 is 4.74 Å². The van der Waals surface area contributed by atoms with E-state index in [0.29, 0.717) is 0 Å². The van der Waals surface area contributed by atoms with Crippen LogP contribution in [0.4, 0.5) is 0 Å². The smallest absolute Gasteiger partial charge is 0.119 e. The summed E-state index contributed by atoms with van der Waals surface area (Å²) >= 11 is 0. The van der Waals surface area contributed by atoms with Crippen LogP contribution in [0.25, 0.3) is 22.3 Å². The third-order valence-electron chi connectivity index (χ3n) is 5.84. The first kappa shape index (κ1) is 23.2. The lowest BCUT2D eigenvalue weighted by atomic mass is 10.1. The molecule has 0 aliphatic heterocycles. The molecule has 0 unspecified atom stereocenters. The van der Waals surface area contributed by atoms with Gasteiger partial charge in [-0.25, -0.2) is 4.98 Å². The minimum absolute atomic E-state index is 0.796. The van der Waals surface area contributed by atoms with Crippen molar-refractivity contribution in [2.24, 2.45) is 0 Å².